The zero-order chi connectivity index (χ0) is 14.8. The monoisotopic (exact) mass is 280 g/mol. The summed E-state index contributed by atoms with van der Waals surface area (Å²) in [5.74, 6) is 0.596. The summed E-state index contributed by atoms with van der Waals surface area (Å²) in [6.07, 6.45) is 2.67. The quantitative estimate of drug-likeness (QED) is 0.485. The highest BCUT2D eigenvalue weighted by Crippen LogP contribution is 1.97. The molecule has 0 saturated heterocycles. The number of nitrogens with one attached hydrogen (secondary N) is 3. The van der Waals surface area contributed by atoms with E-state index in [1.165, 1.54) is 0 Å². The maximum absolute atomic E-state index is 11.5. The van der Waals surface area contributed by atoms with Crippen LogP contribution in [0.3, 0.4) is 0 Å². The fourth-order valence-electron chi connectivity index (χ4n) is 1.55. The van der Waals surface area contributed by atoms with Gasteiger partial charge in [0.2, 0.25) is 5.91 Å². The highest BCUT2D eigenvalue weighted by Gasteiger charge is 2.03. The van der Waals surface area contributed by atoms with E-state index < -0.39 is 0 Å². The van der Waals surface area contributed by atoms with Gasteiger partial charge in [-0.2, -0.15) is 5.10 Å². The minimum absolute atomic E-state index is 0.0296. The lowest BCUT2D eigenvalue weighted by atomic mass is 10.4. The summed E-state index contributed by atoms with van der Waals surface area (Å²) >= 11 is 0. The first kappa shape index (κ1) is 16.0. The van der Waals surface area contributed by atoms with E-state index in [1.54, 1.807) is 10.9 Å². The maximum Gasteiger partial charge on any atom is 0.239 e. The molecule has 3 N–H and O–H groups in total. The van der Waals surface area contributed by atoms with E-state index in [0.29, 0.717) is 19.0 Å². The Morgan fingerprint density at radius 2 is 2.15 bits per heavy atom. The fraction of sp³-hybridized carbons (Fsp3) is 0.615. The average molecular weight is 280 g/mol. The second-order valence-electron chi connectivity index (χ2n) is 4.34. The molecule has 0 atom stereocenters. The Morgan fingerprint density at radius 3 is 2.75 bits per heavy atom. The molecule has 112 valence electrons. The Morgan fingerprint density at radius 1 is 1.35 bits per heavy atom. The molecule has 0 radical (unpaired) electrons. The number of amides is 1. The van der Waals surface area contributed by atoms with E-state index in [1.807, 2.05) is 27.0 Å². The van der Waals surface area contributed by atoms with Crippen LogP contribution in [0, 0.1) is 0 Å². The summed E-state index contributed by atoms with van der Waals surface area (Å²) in [7, 11) is 1.88. The Bertz CT molecular complexity index is 440. The van der Waals surface area contributed by atoms with E-state index >= 15 is 0 Å². The Hall–Kier alpha value is -2.05. The van der Waals surface area contributed by atoms with Crippen molar-refractivity contribution in [2.75, 3.05) is 19.6 Å². The molecule has 0 aliphatic heterocycles. The summed E-state index contributed by atoms with van der Waals surface area (Å²) in [5.41, 5.74) is 1.01. The number of carbonyl (C=O) groups is 1. The number of hydrogen-bond donors (Lipinski definition) is 3. The third-order valence-corrected chi connectivity index (χ3v) is 2.65. The minimum atomic E-state index is -0.0296. The largest absolute Gasteiger partial charge is 0.357 e. The SMILES string of the molecule is CCCNC(=O)CNC(=NCc1ccnn1C)NCC. The van der Waals surface area contributed by atoms with Crippen LogP contribution in [-0.4, -0.2) is 41.3 Å². The number of nitrogens with zero attached hydrogens (tertiary/aromatic N) is 3. The number of aryl methyl sites for hydroxylation is 1. The van der Waals surface area contributed by atoms with Crippen LogP contribution in [0.4, 0.5) is 0 Å². The molecule has 1 aromatic rings. The summed E-state index contributed by atoms with van der Waals surface area (Å²) in [5, 5.41) is 13.0. The van der Waals surface area contributed by atoms with Crippen LogP contribution >= 0.6 is 0 Å². The van der Waals surface area contributed by atoms with Gasteiger partial charge >= 0.3 is 0 Å². The molecule has 20 heavy (non-hydrogen) atoms. The molecular formula is C13H24N6O. The molecule has 1 aromatic heterocycles. The smallest absolute Gasteiger partial charge is 0.239 e. The fourth-order valence-corrected chi connectivity index (χ4v) is 1.55. The molecule has 0 bridgehead atoms. The molecule has 0 aliphatic rings. The van der Waals surface area contributed by atoms with Crippen molar-refractivity contribution in [1.29, 1.82) is 0 Å². The molecule has 1 amide bonds. The highest BCUT2D eigenvalue weighted by atomic mass is 16.1. The van der Waals surface area contributed by atoms with Gasteiger partial charge in [-0.25, -0.2) is 4.99 Å². The van der Waals surface area contributed by atoms with Crippen LogP contribution in [0.2, 0.25) is 0 Å². The Balaban J connectivity index is 2.47. The predicted octanol–water partition coefficient (Wildman–Crippen LogP) is 0.00140. The second kappa shape index (κ2) is 8.95. The van der Waals surface area contributed by atoms with Crippen LogP contribution in [0.15, 0.2) is 17.3 Å². The van der Waals surface area contributed by atoms with Gasteiger partial charge in [0, 0.05) is 26.3 Å². The second-order valence-corrected chi connectivity index (χ2v) is 4.34. The average Bonchev–Trinajstić information content (AvgIpc) is 2.85. The van der Waals surface area contributed by atoms with Gasteiger partial charge in [-0.1, -0.05) is 6.92 Å². The van der Waals surface area contributed by atoms with Crippen LogP contribution < -0.4 is 16.0 Å². The predicted molar refractivity (Wildman–Crippen MR) is 79.3 cm³/mol. The number of rotatable bonds is 7. The van der Waals surface area contributed by atoms with E-state index in [0.717, 1.165) is 18.7 Å². The standard InChI is InChI=1S/C13H24N6O/c1-4-7-15-12(20)10-17-13(14-5-2)16-9-11-6-8-18-19(11)3/h6,8H,4-5,7,9-10H2,1-3H3,(H,15,20)(H2,14,16,17). The van der Waals surface area contributed by atoms with Crippen molar-refractivity contribution in [2.24, 2.45) is 12.0 Å². The molecular weight excluding hydrogens is 256 g/mol. The summed E-state index contributed by atoms with van der Waals surface area (Å²) in [4.78, 5) is 15.9. The lowest BCUT2D eigenvalue weighted by molar-refractivity contribution is -0.120. The van der Waals surface area contributed by atoms with Crippen molar-refractivity contribution < 1.29 is 4.79 Å². The van der Waals surface area contributed by atoms with Crippen molar-refractivity contribution in [2.45, 2.75) is 26.8 Å². The van der Waals surface area contributed by atoms with Crippen molar-refractivity contribution >= 4 is 11.9 Å². The maximum atomic E-state index is 11.5. The topological polar surface area (TPSA) is 83.3 Å². The van der Waals surface area contributed by atoms with Crippen LogP contribution in [0.25, 0.3) is 0 Å². The van der Waals surface area contributed by atoms with Gasteiger partial charge in [0.05, 0.1) is 18.8 Å². The van der Waals surface area contributed by atoms with Crippen molar-refractivity contribution in [3.63, 3.8) is 0 Å². The van der Waals surface area contributed by atoms with Gasteiger partial charge in [0.15, 0.2) is 5.96 Å². The van der Waals surface area contributed by atoms with Crippen LogP contribution in [-0.2, 0) is 18.4 Å². The first-order valence-electron chi connectivity index (χ1n) is 6.93. The molecule has 1 heterocycles. The van der Waals surface area contributed by atoms with E-state index in [9.17, 15) is 4.79 Å². The van der Waals surface area contributed by atoms with Crippen molar-refractivity contribution in [3.05, 3.63) is 18.0 Å². The molecule has 1 rings (SSSR count). The Kier molecular flexibility index (Phi) is 7.16. The highest BCUT2D eigenvalue weighted by molar-refractivity contribution is 5.86. The van der Waals surface area contributed by atoms with Crippen molar-refractivity contribution in [1.82, 2.24) is 25.7 Å². The van der Waals surface area contributed by atoms with Crippen LogP contribution in [0.5, 0.6) is 0 Å². The molecule has 0 fully saturated rings. The first-order chi connectivity index (χ1) is 9.67. The van der Waals surface area contributed by atoms with Gasteiger partial charge in [-0.05, 0) is 19.4 Å². The number of hydrogen-bond acceptors (Lipinski definition) is 3. The molecule has 0 saturated carbocycles. The zero-order valence-electron chi connectivity index (χ0n) is 12.4. The van der Waals surface area contributed by atoms with Gasteiger partial charge in [0.25, 0.3) is 0 Å². The van der Waals surface area contributed by atoms with Gasteiger partial charge in [-0.15, -0.1) is 0 Å². The third-order valence-electron chi connectivity index (χ3n) is 2.65. The lowest BCUT2D eigenvalue weighted by Crippen LogP contribution is -2.43. The van der Waals surface area contributed by atoms with E-state index in [-0.39, 0.29) is 12.5 Å². The molecule has 7 heteroatoms. The molecule has 0 aromatic carbocycles. The van der Waals surface area contributed by atoms with E-state index in [2.05, 4.69) is 26.0 Å². The molecule has 7 nitrogen and oxygen atoms in total. The number of carbonyl (C=O) groups excluding carboxylic acids is 1. The van der Waals surface area contributed by atoms with Gasteiger partial charge < -0.3 is 16.0 Å². The molecule has 0 spiro atoms. The van der Waals surface area contributed by atoms with Crippen molar-refractivity contribution in [3.8, 4) is 0 Å². The minimum Gasteiger partial charge on any atom is -0.357 e. The summed E-state index contributed by atoms with van der Waals surface area (Å²) in [6, 6.07) is 1.92. The normalized spacial score (nSPS) is 11.2. The molecule has 0 unspecified atom stereocenters. The number of aliphatic imine (C=N–C) groups is 1. The van der Waals surface area contributed by atoms with Gasteiger partial charge in [0.1, 0.15) is 0 Å². The van der Waals surface area contributed by atoms with Crippen LogP contribution in [0.1, 0.15) is 26.0 Å². The summed E-state index contributed by atoms with van der Waals surface area (Å²) < 4.78 is 1.78. The number of guanidine groups is 1. The van der Waals surface area contributed by atoms with Gasteiger partial charge in [-0.3, -0.25) is 9.48 Å². The lowest BCUT2D eigenvalue weighted by Gasteiger charge is -2.11. The summed E-state index contributed by atoms with van der Waals surface area (Å²) in [6.45, 7) is 6.18. The zero-order valence-corrected chi connectivity index (χ0v) is 12.4. The molecule has 0 aliphatic carbocycles. The number of aromatic nitrogens is 2. The first-order valence-corrected chi connectivity index (χ1v) is 6.93. The Labute approximate surface area is 119 Å². The van der Waals surface area contributed by atoms with E-state index in [4.69, 9.17) is 0 Å². The third kappa shape index (κ3) is 5.73.